The van der Waals surface area contributed by atoms with E-state index in [9.17, 15) is 14.0 Å². The number of carbonyl (C=O) groups is 2. The number of benzene rings is 2. The van der Waals surface area contributed by atoms with Crippen LogP contribution in [0.4, 0.5) is 4.39 Å². The van der Waals surface area contributed by atoms with E-state index >= 15 is 0 Å². The Morgan fingerprint density at radius 1 is 1.06 bits per heavy atom. The van der Waals surface area contributed by atoms with Crippen molar-refractivity contribution < 1.29 is 14.0 Å². The van der Waals surface area contributed by atoms with E-state index in [2.05, 4.69) is 41.6 Å². The van der Waals surface area contributed by atoms with Gasteiger partial charge < -0.3 is 10.2 Å². The highest BCUT2D eigenvalue weighted by atomic mass is 19.1. The van der Waals surface area contributed by atoms with Crippen molar-refractivity contribution in [3.05, 3.63) is 83.7 Å². The van der Waals surface area contributed by atoms with Gasteiger partial charge in [0.2, 0.25) is 11.8 Å². The smallest absolute Gasteiger partial charge is 0.243 e. The zero-order valence-electron chi connectivity index (χ0n) is 19.5. The van der Waals surface area contributed by atoms with E-state index in [1.54, 1.807) is 10.9 Å². The summed E-state index contributed by atoms with van der Waals surface area (Å²) in [5.41, 5.74) is 3.07. The maximum atomic E-state index is 14.4. The molecule has 0 spiro atoms. The second-order valence-electron chi connectivity index (χ2n) is 8.98. The molecule has 0 saturated carbocycles. The number of likely N-dealkylation sites (tertiary alicyclic amines) is 1. The van der Waals surface area contributed by atoms with Gasteiger partial charge in [-0.05, 0) is 22.6 Å². The minimum absolute atomic E-state index is 0.00526. The van der Waals surface area contributed by atoms with Crippen LogP contribution in [0.2, 0.25) is 0 Å². The number of aryl methyl sites for hydroxylation is 1. The van der Waals surface area contributed by atoms with Crippen molar-refractivity contribution in [2.24, 2.45) is 0 Å². The lowest BCUT2D eigenvalue weighted by Crippen LogP contribution is -2.47. The molecule has 34 heavy (non-hydrogen) atoms. The van der Waals surface area contributed by atoms with Crippen molar-refractivity contribution in [2.75, 3.05) is 6.54 Å². The maximum Gasteiger partial charge on any atom is 0.243 e. The number of carbonyl (C=O) groups excluding carboxylic acids is 2. The standard InChI is InChI=1S/C26H30FN5O2/c1-18(2)19-8-10-21(11-9-19)25(20-6-4-3-5-7-20)29-26(34)23-16-22(27)17-32(23)24(33)12-14-31-15-13-28-30-31/h3-11,13,15,18,22-23,25H,12,14,16-17H2,1-2H3,(H,29,34). The van der Waals surface area contributed by atoms with Crippen LogP contribution in [-0.2, 0) is 16.1 Å². The van der Waals surface area contributed by atoms with Gasteiger partial charge >= 0.3 is 0 Å². The lowest BCUT2D eigenvalue weighted by atomic mass is 9.95. The first kappa shape index (κ1) is 23.6. The predicted octanol–water partition coefficient (Wildman–Crippen LogP) is 3.64. The average molecular weight is 464 g/mol. The van der Waals surface area contributed by atoms with E-state index in [4.69, 9.17) is 0 Å². The van der Waals surface area contributed by atoms with Gasteiger partial charge in [0.25, 0.3) is 0 Å². The molecule has 1 aromatic heterocycles. The minimum Gasteiger partial charge on any atom is -0.343 e. The van der Waals surface area contributed by atoms with E-state index in [0.717, 1.165) is 11.1 Å². The molecule has 3 unspecified atom stereocenters. The van der Waals surface area contributed by atoms with Gasteiger partial charge in [0.15, 0.2) is 0 Å². The third-order valence-electron chi connectivity index (χ3n) is 6.26. The molecule has 1 aliphatic rings. The molecule has 1 fully saturated rings. The fraction of sp³-hybridized carbons (Fsp3) is 0.385. The SMILES string of the molecule is CC(C)c1ccc(C(NC(=O)C2CC(F)CN2C(=O)CCn2ccnn2)c2ccccc2)cc1. The van der Waals surface area contributed by atoms with Gasteiger partial charge in [0.1, 0.15) is 12.2 Å². The molecule has 2 amide bonds. The lowest BCUT2D eigenvalue weighted by Gasteiger charge is -2.27. The van der Waals surface area contributed by atoms with Crippen LogP contribution in [0.25, 0.3) is 0 Å². The molecular weight excluding hydrogens is 433 g/mol. The van der Waals surface area contributed by atoms with Gasteiger partial charge in [-0.15, -0.1) is 5.10 Å². The molecule has 178 valence electrons. The second kappa shape index (κ2) is 10.6. The molecule has 7 nitrogen and oxygen atoms in total. The highest BCUT2D eigenvalue weighted by Crippen LogP contribution is 2.27. The van der Waals surface area contributed by atoms with Crippen molar-refractivity contribution in [2.45, 2.75) is 57.4 Å². The summed E-state index contributed by atoms with van der Waals surface area (Å²) < 4.78 is 15.9. The lowest BCUT2D eigenvalue weighted by molar-refractivity contribution is -0.138. The fourth-order valence-electron chi connectivity index (χ4n) is 4.33. The Kier molecular flexibility index (Phi) is 7.35. The predicted molar refractivity (Wildman–Crippen MR) is 127 cm³/mol. The number of nitrogens with one attached hydrogen (secondary N) is 1. The quantitative estimate of drug-likeness (QED) is 0.553. The largest absolute Gasteiger partial charge is 0.343 e. The first-order valence-electron chi connectivity index (χ1n) is 11.6. The van der Waals surface area contributed by atoms with E-state index < -0.39 is 18.3 Å². The van der Waals surface area contributed by atoms with Crippen molar-refractivity contribution in [1.29, 1.82) is 0 Å². The summed E-state index contributed by atoms with van der Waals surface area (Å²) in [6.07, 6.45) is 2.08. The molecule has 0 radical (unpaired) electrons. The number of nitrogens with zero attached hydrogens (tertiary/aromatic N) is 4. The Morgan fingerprint density at radius 3 is 2.38 bits per heavy atom. The number of hydrogen-bond acceptors (Lipinski definition) is 4. The van der Waals surface area contributed by atoms with Crippen LogP contribution in [0.5, 0.6) is 0 Å². The summed E-state index contributed by atoms with van der Waals surface area (Å²) in [5.74, 6) is -0.222. The van der Waals surface area contributed by atoms with Gasteiger partial charge in [-0.3, -0.25) is 14.3 Å². The Labute approximate surface area is 199 Å². The number of hydrogen-bond donors (Lipinski definition) is 1. The summed E-state index contributed by atoms with van der Waals surface area (Å²) in [4.78, 5) is 27.6. The van der Waals surface area contributed by atoms with Crippen LogP contribution >= 0.6 is 0 Å². The summed E-state index contributed by atoms with van der Waals surface area (Å²) in [5, 5.41) is 10.7. The summed E-state index contributed by atoms with van der Waals surface area (Å²) in [7, 11) is 0. The third-order valence-corrected chi connectivity index (χ3v) is 6.26. The number of halogens is 1. The zero-order chi connectivity index (χ0) is 24.1. The first-order chi connectivity index (χ1) is 16.4. The Balaban J connectivity index is 1.52. The molecule has 2 heterocycles. The molecule has 0 bridgehead atoms. The highest BCUT2D eigenvalue weighted by Gasteiger charge is 2.40. The fourth-order valence-corrected chi connectivity index (χ4v) is 4.33. The topological polar surface area (TPSA) is 80.1 Å². The Morgan fingerprint density at radius 2 is 1.74 bits per heavy atom. The molecule has 4 rings (SSSR count). The van der Waals surface area contributed by atoms with Crippen LogP contribution in [0.15, 0.2) is 67.0 Å². The van der Waals surface area contributed by atoms with Crippen molar-refractivity contribution in [3.63, 3.8) is 0 Å². The molecule has 8 heteroatoms. The highest BCUT2D eigenvalue weighted by molar-refractivity contribution is 5.89. The van der Waals surface area contributed by atoms with Crippen LogP contribution < -0.4 is 5.32 Å². The summed E-state index contributed by atoms with van der Waals surface area (Å²) >= 11 is 0. The molecule has 3 aromatic rings. The number of alkyl halides is 1. The average Bonchev–Trinajstić information content (AvgIpc) is 3.51. The van der Waals surface area contributed by atoms with Crippen molar-refractivity contribution >= 4 is 11.8 Å². The molecule has 2 aromatic carbocycles. The van der Waals surface area contributed by atoms with Gasteiger partial charge in [0.05, 0.1) is 25.3 Å². The number of amides is 2. The van der Waals surface area contributed by atoms with Crippen molar-refractivity contribution in [1.82, 2.24) is 25.2 Å². The van der Waals surface area contributed by atoms with Crippen LogP contribution in [0.3, 0.4) is 0 Å². The van der Waals surface area contributed by atoms with Crippen molar-refractivity contribution in [3.8, 4) is 0 Å². The Bertz CT molecular complexity index is 1090. The van der Waals surface area contributed by atoms with E-state index in [-0.39, 0.29) is 31.2 Å². The first-order valence-corrected chi connectivity index (χ1v) is 11.6. The number of aromatic nitrogens is 3. The van der Waals surface area contributed by atoms with E-state index in [1.807, 2.05) is 42.5 Å². The monoisotopic (exact) mass is 463 g/mol. The third kappa shape index (κ3) is 5.50. The molecule has 0 aliphatic carbocycles. The van der Waals surface area contributed by atoms with Crippen LogP contribution in [-0.4, -0.2) is 50.5 Å². The van der Waals surface area contributed by atoms with Gasteiger partial charge in [-0.25, -0.2) is 4.39 Å². The molecule has 1 aliphatic heterocycles. The van der Waals surface area contributed by atoms with Gasteiger partial charge in [0, 0.05) is 19.0 Å². The Hall–Kier alpha value is -3.55. The zero-order valence-corrected chi connectivity index (χ0v) is 19.5. The summed E-state index contributed by atoms with van der Waals surface area (Å²) in [6.45, 7) is 4.52. The molecule has 1 N–H and O–H groups in total. The van der Waals surface area contributed by atoms with Crippen LogP contribution in [0.1, 0.15) is 55.3 Å². The van der Waals surface area contributed by atoms with Gasteiger partial charge in [-0.1, -0.05) is 73.7 Å². The molecular formula is C26H30FN5O2. The van der Waals surface area contributed by atoms with E-state index in [0.29, 0.717) is 12.5 Å². The maximum absolute atomic E-state index is 14.4. The molecule has 3 atom stereocenters. The number of rotatable bonds is 8. The van der Waals surface area contributed by atoms with Crippen LogP contribution in [0, 0.1) is 0 Å². The van der Waals surface area contributed by atoms with E-state index in [1.165, 1.54) is 16.7 Å². The second-order valence-corrected chi connectivity index (χ2v) is 8.98. The normalized spacial score (nSPS) is 18.8. The van der Waals surface area contributed by atoms with Gasteiger partial charge in [-0.2, -0.15) is 0 Å². The molecule has 1 saturated heterocycles. The summed E-state index contributed by atoms with van der Waals surface area (Å²) in [6, 6.07) is 16.6. The minimum atomic E-state index is -1.23.